The number of hydrogen-bond acceptors (Lipinski definition) is 6. The minimum Gasteiger partial charge on any atom is -0.480 e. The summed E-state index contributed by atoms with van der Waals surface area (Å²) in [5.41, 5.74) is 5.12. The van der Waals surface area contributed by atoms with E-state index in [0.717, 1.165) is 39.3 Å². The summed E-state index contributed by atoms with van der Waals surface area (Å²) in [7, 11) is 0. The second-order valence-corrected chi connectivity index (χ2v) is 12.9. The van der Waals surface area contributed by atoms with Crippen molar-refractivity contribution in [3.63, 3.8) is 0 Å². The third-order valence-electron chi connectivity index (χ3n) is 9.46. The van der Waals surface area contributed by atoms with E-state index >= 15 is 0 Å². The molecule has 4 aromatic rings. The molecule has 4 aromatic carbocycles. The van der Waals surface area contributed by atoms with Crippen LogP contribution in [-0.4, -0.2) is 106 Å². The number of aliphatic carboxylic acids is 2. The number of piperazine rings is 2. The number of carbonyl (C=O) groups is 2. The monoisotopic (exact) mass is 785 g/mol. The minimum atomic E-state index is -0.752. The quantitative estimate of drug-likeness (QED) is 0.164. The van der Waals surface area contributed by atoms with Crippen molar-refractivity contribution in [1.82, 2.24) is 19.6 Å². The molecule has 2 fully saturated rings. The lowest BCUT2D eigenvalue weighted by Crippen LogP contribution is -2.54. The van der Waals surface area contributed by atoms with Crippen LogP contribution in [0.2, 0.25) is 0 Å². The summed E-state index contributed by atoms with van der Waals surface area (Å²) in [6.07, 6.45) is 0. The van der Waals surface area contributed by atoms with Gasteiger partial charge in [0.15, 0.2) is 0 Å². The Balaban J connectivity index is 0.000000923. The molecule has 2 saturated heterocycles. The van der Waals surface area contributed by atoms with Gasteiger partial charge in [-0.3, -0.25) is 29.2 Å². The number of carboxylic acid groups (broad SMARTS) is 2. The van der Waals surface area contributed by atoms with Crippen molar-refractivity contribution in [2.75, 3.05) is 52.4 Å². The Kier molecular flexibility index (Phi) is 28.4. The van der Waals surface area contributed by atoms with Crippen LogP contribution in [0, 0.1) is 0 Å². The van der Waals surface area contributed by atoms with Crippen LogP contribution >= 0.6 is 0 Å². The van der Waals surface area contributed by atoms with Crippen molar-refractivity contribution in [3.8, 4) is 0 Å². The Bertz CT molecular complexity index is 1360. The Morgan fingerprint density at radius 3 is 0.895 bits per heavy atom. The van der Waals surface area contributed by atoms with Gasteiger partial charge in [-0.2, -0.15) is 0 Å². The highest BCUT2D eigenvalue weighted by Crippen LogP contribution is 2.32. The topological polar surface area (TPSA) is 87.6 Å². The predicted octanol–water partition coefficient (Wildman–Crippen LogP) is 10.5. The van der Waals surface area contributed by atoms with E-state index < -0.39 is 11.9 Å². The third-order valence-corrected chi connectivity index (χ3v) is 9.46. The lowest BCUT2D eigenvalue weighted by atomic mass is 9.95. The highest BCUT2D eigenvalue weighted by atomic mass is 16.4. The van der Waals surface area contributed by atoms with Crippen LogP contribution in [0.5, 0.6) is 0 Å². The van der Waals surface area contributed by atoms with Crippen LogP contribution in [0.3, 0.4) is 0 Å². The third kappa shape index (κ3) is 17.4. The molecule has 0 amide bonds. The molecular weight excluding hydrogens is 709 g/mol. The van der Waals surface area contributed by atoms with Crippen LogP contribution in [0.15, 0.2) is 121 Å². The van der Waals surface area contributed by atoms with Crippen LogP contribution in [0.25, 0.3) is 0 Å². The standard InChI is InChI=1S/2C20H24N2O2.4C2H6.CH4/c2*1-16-14-22(13-12-21(16)15-19(23)24)20(17-8-4-2-5-9-17)18-10-6-3-7-11-18;4*1-2;/h2*2-11,16,20H,12-15H2,1H3,(H,23,24);4*1-2H3;1H4/t2*16-;;;;;/m10...../s1. The van der Waals surface area contributed by atoms with E-state index in [0.29, 0.717) is 0 Å². The molecule has 0 bridgehead atoms. The van der Waals surface area contributed by atoms with Crippen molar-refractivity contribution in [1.29, 1.82) is 0 Å². The van der Waals surface area contributed by atoms with Crippen molar-refractivity contribution < 1.29 is 19.8 Å². The number of rotatable bonds is 10. The summed E-state index contributed by atoms with van der Waals surface area (Å²) in [5.74, 6) is -1.50. The Morgan fingerprint density at radius 1 is 0.474 bits per heavy atom. The van der Waals surface area contributed by atoms with Gasteiger partial charge in [0, 0.05) is 51.4 Å². The van der Waals surface area contributed by atoms with Gasteiger partial charge in [0.2, 0.25) is 0 Å². The van der Waals surface area contributed by atoms with E-state index in [2.05, 4.69) is 121 Å². The highest BCUT2D eigenvalue weighted by Gasteiger charge is 2.32. The second kappa shape index (κ2) is 30.8. The van der Waals surface area contributed by atoms with Crippen LogP contribution in [0.1, 0.15) is 111 Å². The summed E-state index contributed by atoms with van der Waals surface area (Å²) in [6.45, 7) is 25.5. The summed E-state index contributed by atoms with van der Waals surface area (Å²) < 4.78 is 0. The molecule has 57 heavy (non-hydrogen) atoms. The molecule has 0 radical (unpaired) electrons. The maximum absolute atomic E-state index is 11.0. The lowest BCUT2D eigenvalue weighted by molar-refractivity contribution is -0.140. The van der Waals surface area contributed by atoms with Crippen molar-refractivity contribution >= 4 is 11.9 Å². The molecule has 0 aromatic heterocycles. The number of nitrogens with zero attached hydrogens (tertiary/aromatic N) is 4. The van der Waals surface area contributed by atoms with Crippen molar-refractivity contribution in [2.45, 2.75) is 101 Å². The summed E-state index contributed by atoms with van der Waals surface area (Å²) in [4.78, 5) is 31.1. The fourth-order valence-corrected chi connectivity index (χ4v) is 7.10. The van der Waals surface area contributed by atoms with Gasteiger partial charge in [-0.15, -0.1) is 0 Å². The maximum atomic E-state index is 11.0. The average Bonchev–Trinajstić information content (AvgIpc) is 3.25. The van der Waals surface area contributed by atoms with Gasteiger partial charge in [0.1, 0.15) is 0 Å². The van der Waals surface area contributed by atoms with Gasteiger partial charge in [0.25, 0.3) is 0 Å². The van der Waals surface area contributed by atoms with Crippen LogP contribution in [-0.2, 0) is 9.59 Å². The van der Waals surface area contributed by atoms with E-state index in [4.69, 9.17) is 10.2 Å². The fourth-order valence-electron chi connectivity index (χ4n) is 7.10. The van der Waals surface area contributed by atoms with E-state index in [-0.39, 0.29) is 44.7 Å². The molecule has 2 heterocycles. The smallest absolute Gasteiger partial charge is 0.317 e. The number of carboxylic acids is 2. The number of hydrogen-bond donors (Lipinski definition) is 2. The van der Waals surface area contributed by atoms with Gasteiger partial charge in [-0.05, 0) is 36.1 Å². The molecule has 6 rings (SSSR count). The van der Waals surface area contributed by atoms with Gasteiger partial charge >= 0.3 is 11.9 Å². The average molecular weight is 785 g/mol. The van der Waals surface area contributed by atoms with Gasteiger partial charge < -0.3 is 10.2 Å². The first-order valence-corrected chi connectivity index (χ1v) is 20.9. The van der Waals surface area contributed by atoms with E-state index in [1.807, 2.05) is 89.5 Å². The molecule has 8 heteroatoms. The molecule has 316 valence electrons. The van der Waals surface area contributed by atoms with Crippen molar-refractivity contribution in [2.24, 2.45) is 0 Å². The first kappa shape index (κ1) is 52.7. The lowest BCUT2D eigenvalue weighted by Gasteiger charge is -2.43. The predicted molar refractivity (Wildman–Crippen MR) is 242 cm³/mol. The van der Waals surface area contributed by atoms with E-state index in [1.165, 1.54) is 22.3 Å². The zero-order valence-electron chi connectivity index (χ0n) is 36.0. The summed E-state index contributed by atoms with van der Waals surface area (Å²) >= 11 is 0. The van der Waals surface area contributed by atoms with Crippen molar-refractivity contribution in [3.05, 3.63) is 144 Å². The molecule has 2 aliphatic rings. The van der Waals surface area contributed by atoms with Crippen LogP contribution < -0.4 is 0 Å². The SMILES string of the molecule is C.CC.CC.CC.CC.C[C@@H]1CN(C(c2ccccc2)c2ccccc2)CCN1CC(=O)O.C[C@H]1CN(C(c2ccccc2)c2ccccc2)CCN1CC(=O)O. The van der Waals surface area contributed by atoms with E-state index in [9.17, 15) is 9.59 Å². The van der Waals surface area contributed by atoms with Gasteiger partial charge in [-0.1, -0.05) is 184 Å². The zero-order valence-corrected chi connectivity index (χ0v) is 36.0. The normalized spacial score (nSPS) is 16.8. The maximum Gasteiger partial charge on any atom is 0.317 e. The Labute approximate surface area is 347 Å². The number of benzene rings is 4. The second-order valence-electron chi connectivity index (χ2n) is 12.9. The highest BCUT2D eigenvalue weighted by molar-refractivity contribution is 5.69. The Hall–Kier alpha value is -4.34. The van der Waals surface area contributed by atoms with Gasteiger partial charge in [-0.25, -0.2) is 0 Å². The van der Waals surface area contributed by atoms with Crippen LogP contribution in [0.4, 0.5) is 0 Å². The minimum absolute atomic E-state index is 0. The first-order valence-electron chi connectivity index (χ1n) is 20.9. The summed E-state index contributed by atoms with van der Waals surface area (Å²) in [5, 5.41) is 18.1. The molecule has 0 unspecified atom stereocenters. The zero-order chi connectivity index (χ0) is 41.9. The largest absolute Gasteiger partial charge is 0.480 e. The molecular formula is C49H76N4O4. The molecule has 8 nitrogen and oxygen atoms in total. The molecule has 0 spiro atoms. The summed E-state index contributed by atoms with van der Waals surface area (Å²) in [6, 6.07) is 43.0. The molecule has 2 N–H and O–H groups in total. The fraction of sp³-hybridized carbons (Fsp3) is 0.469. The molecule has 2 aliphatic heterocycles. The molecule has 0 aliphatic carbocycles. The first-order chi connectivity index (χ1) is 27.3. The molecule has 2 atom stereocenters. The van der Waals surface area contributed by atoms with Gasteiger partial charge in [0.05, 0.1) is 25.2 Å². The molecule has 0 saturated carbocycles. The van der Waals surface area contributed by atoms with E-state index in [1.54, 1.807) is 0 Å². The Morgan fingerprint density at radius 2 is 0.702 bits per heavy atom.